The van der Waals surface area contributed by atoms with Crippen molar-refractivity contribution in [2.24, 2.45) is 0 Å². The molecule has 0 aromatic rings. The molecule has 0 N–H and O–H groups in total. The fourth-order valence-electron chi connectivity index (χ4n) is 2.12. The summed E-state index contributed by atoms with van der Waals surface area (Å²) < 4.78 is 5.49. The number of amides is 1. The monoisotopic (exact) mass is 257 g/mol. The zero-order valence-electron chi connectivity index (χ0n) is 12.2. The van der Waals surface area contributed by atoms with Gasteiger partial charge in [0.1, 0.15) is 6.10 Å². The van der Waals surface area contributed by atoms with Crippen molar-refractivity contribution in [3.8, 4) is 0 Å². The SMILES string of the molecule is CCN(CC)CC(C)OC(=O)N1CCN(C)CC1. The van der Waals surface area contributed by atoms with E-state index >= 15 is 0 Å². The summed E-state index contributed by atoms with van der Waals surface area (Å²) in [6, 6.07) is 0. The van der Waals surface area contributed by atoms with Crippen molar-refractivity contribution in [3.05, 3.63) is 0 Å². The normalized spacial score (nSPS) is 19.1. The van der Waals surface area contributed by atoms with E-state index in [1.807, 2.05) is 6.92 Å². The minimum atomic E-state index is -0.164. The van der Waals surface area contributed by atoms with E-state index in [0.29, 0.717) is 0 Å². The van der Waals surface area contributed by atoms with Gasteiger partial charge in [0.15, 0.2) is 0 Å². The predicted octanol–water partition coefficient (Wildman–Crippen LogP) is 1.10. The Morgan fingerprint density at radius 2 is 1.78 bits per heavy atom. The lowest BCUT2D eigenvalue weighted by atomic mass is 10.3. The van der Waals surface area contributed by atoms with Crippen LogP contribution in [0.2, 0.25) is 0 Å². The lowest BCUT2D eigenvalue weighted by Crippen LogP contribution is -2.48. The highest BCUT2D eigenvalue weighted by Gasteiger charge is 2.22. The van der Waals surface area contributed by atoms with Gasteiger partial charge in [-0.15, -0.1) is 0 Å². The molecule has 1 aliphatic rings. The largest absolute Gasteiger partial charge is 0.445 e. The number of carbonyl (C=O) groups is 1. The molecule has 0 aromatic carbocycles. The Kier molecular flexibility index (Phi) is 6.43. The molecule has 106 valence electrons. The molecule has 1 amide bonds. The van der Waals surface area contributed by atoms with Gasteiger partial charge in [-0.25, -0.2) is 4.79 Å². The summed E-state index contributed by atoms with van der Waals surface area (Å²) in [5, 5.41) is 0. The van der Waals surface area contributed by atoms with Crippen molar-refractivity contribution in [2.75, 3.05) is 52.9 Å². The van der Waals surface area contributed by atoms with Gasteiger partial charge in [0, 0.05) is 32.7 Å². The van der Waals surface area contributed by atoms with Crippen LogP contribution in [-0.2, 0) is 4.74 Å². The highest BCUT2D eigenvalue weighted by molar-refractivity contribution is 5.67. The molecule has 1 fully saturated rings. The van der Waals surface area contributed by atoms with Crippen molar-refractivity contribution in [3.63, 3.8) is 0 Å². The molecule has 0 aliphatic carbocycles. The summed E-state index contributed by atoms with van der Waals surface area (Å²) >= 11 is 0. The zero-order valence-corrected chi connectivity index (χ0v) is 12.2. The Hall–Kier alpha value is -0.810. The maximum atomic E-state index is 11.9. The van der Waals surface area contributed by atoms with Crippen LogP contribution in [0, 0.1) is 0 Å². The number of ether oxygens (including phenoxy) is 1. The van der Waals surface area contributed by atoms with Gasteiger partial charge in [-0.05, 0) is 27.1 Å². The van der Waals surface area contributed by atoms with Crippen LogP contribution in [0.5, 0.6) is 0 Å². The van der Waals surface area contributed by atoms with E-state index in [1.165, 1.54) is 0 Å². The van der Waals surface area contributed by atoms with Crippen molar-refractivity contribution in [1.82, 2.24) is 14.7 Å². The average molecular weight is 257 g/mol. The van der Waals surface area contributed by atoms with E-state index in [-0.39, 0.29) is 12.2 Å². The molecule has 18 heavy (non-hydrogen) atoms. The van der Waals surface area contributed by atoms with E-state index in [0.717, 1.165) is 45.8 Å². The molecule has 0 aromatic heterocycles. The van der Waals surface area contributed by atoms with Crippen LogP contribution >= 0.6 is 0 Å². The van der Waals surface area contributed by atoms with Crippen LogP contribution in [0.4, 0.5) is 4.79 Å². The average Bonchev–Trinajstić information content (AvgIpc) is 2.36. The van der Waals surface area contributed by atoms with Crippen molar-refractivity contribution in [1.29, 1.82) is 0 Å². The van der Waals surface area contributed by atoms with E-state index in [2.05, 4.69) is 30.7 Å². The van der Waals surface area contributed by atoms with Crippen LogP contribution in [-0.4, -0.2) is 79.8 Å². The summed E-state index contributed by atoms with van der Waals surface area (Å²) in [5.41, 5.74) is 0. The summed E-state index contributed by atoms with van der Waals surface area (Å²) in [6.07, 6.45) is -0.209. The van der Waals surface area contributed by atoms with E-state index in [4.69, 9.17) is 4.74 Å². The number of hydrogen-bond acceptors (Lipinski definition) is 4. The molecule has 1 saturated heterocycles. The van der Waals surface area contributed by atoms with Gasteiger partial charge in [0.2, 0.25) is 0 Å². The first-order valence-corrected chi connectivity index (χ1v) is 6.93. The van der Waals surface area contributed by atoms with Gasteiger partial charge in [-0.2, -0.15) is 0 Å². The molecule has 0 bridgehead atoms. The second-order valence-electron chi connectivity index (χ2n) is 4.97. The van der Waals surface area contributed by atoms with E-state index < -0.39 is 0 Å². The number of carbonyl (C=O) groups excluding carboxylic acids is 1. The van der Waals surface area contributed by atoms with Gasteiger partial charge in [0.25, 0.3) is 0 Å². The van der Waals surface area contributed by atoms with Crippen LogP contribution < -0.4 is 0 Å². The second kappa shape index (κ2) is 7.59. The van der Waals surface area contributed by atoms with Crippen LogP contribution in [0.25, 0.3) is 0 Å². The number of rotatable bonds is 5. The van der Waals surface area contributed by atoms with Crippen LogP contribution in [0.3, 0.4) is 0 Å². The molecule has 5 nitrogen and oxygen atoms in total. The summed E-state index contributed by atoms with van der Waals surface area (Å²) in [7, 11) is 2.08. The smallest absolute Gasteiger partial charge is 0.410 e. The number of piperazine rings is 1. The topological polar surface area (TPSA) is 36.0 Å². The Morgan fingerprint density at radius 1 is 1.22 bits per heavy atom. The fraction of sp³-hybridized carbons (Fsp3) is 0.923. The lowest BCUT2D eigenvalue weighted by Gasteiger charge is -2.33. The van der Waals surface area contributed by atoms with Gasteiger partial charge in [-0.1, -0.05) is 13.8 Å². The lowest BCUT2D eigenvalue weighted by molar-refractivity contribution is 0.0420. The molecule has 0 radical (unpaired) electrons. The molecule has 1 heterocycles. The first-order chi connectivity index (χ1) is 8.56. The third kappa shape index (κ3) is 4.82. The second-order valence-corrected chi connectivity index (χ2v) is 4.97. The Labute approximate surface area is 111 Å². The standard InChI is InChI=1S/C13H27N3O2/c1-5-15(6-2)11-12(3)18-13(17)16-9-7-14(4)8-10-16/h12H,5-11H2,1-4H3. The maximum absolute atomic E-state index is 11.9. The van der Waals surface area contributed by atoms with Gasteiger partial charge < -0.3 is 19.4 Å². The zero-order chi connectivity index (χ0) is 13.5. The maximum Gasteiger partial charge on any atom is 0.410 e. The minimum Gasteiger partial charge on any atom is -0.445 e. The molecule has 1 rings (SSSR count). The molecule has 5 heteroatoms. The Balaban J connectivity index is 2.30. The molecule has 0 saturated carbocycles. The Bertz CT molecular complexity index is 249. The van der Waals surface area contributed by atoms with Gasteiger partial charge >= 0.3 is 6.09 Å². The molecule has 1 atom stereocenters. The summed E-state index contributed by atoms with van der Waals surface area (Å²) in [5.74, 6) is 0. The van der Waals surface area contributed by atoms with Crippen LogP contribution in [0.15, 0.2) is 0 Å². The molecule has 1 aliphatic heterocycles. The van der Waals surface area contributed by atoms with Gasteiger partial charge in [-0.3, -0.25) is 0 Å². The van der Waals surface area contributed by atoms with E-state index in [9.17, 15) is 4.79 Å². The molecule has 0 spiro atoms. The highest BCUT2D eigenvalue weighted by Crippen LogP contribution is 2.05. The number of hydrogen-bond donors (Lipinski definition) is 0. The van der Waals surface area contributed by atoms with E-state index in [1.54, 1.807) is 4.90 Å². The van der Waals surface area contributed by atoms with Crippen molar-refractivity contribution in [2.45, 2.75) is 26.9 Å². The first-order valence-electron chi connectivity index (χ1n) is 6.93. The third-order valence-electron chi connectivity index (χ3n) is 3.47. The quantitative estimate of drug-likeness (QED) is 0.739. The fourth-order valence-corrected chi connectivity index (χ4v) is 2.12. The molecular formula is C13H27N3O2. The van der Waals surface area contributed by atoms with Gasteiger partial charge in [0.05, 0.1) is 0 Å². The molecule has 1 unspecified atom stereocenters. The first kappa shape index (κ1) is 15.2. The third-order valence-corrected chi connectivity index (χ3v) is 3.47. The summed E-state index contributed by atoms with van der Waals surface area (Å²) in [6.45, 7) is 12.4. The van der Waals surface area contributed by atoms with Crippen molar-refractivity contribution < 1.29 is 9.53 Å². The van der Waals surface area contributed by atoms with Crippen LogP contribution in [0.1, 0.15) is 20.8 Å². The Morgan fingerprint density at radius 3 is 2.28 bits per heavy atom. The highest BCUT2D eigenvalue weighted by atomic mass is 16.6. The summed E-state index contributed by atoms with van der Waals surface area (Å²) in [4.78, 5) is 18.2. The van der Waals surface area contributed by atoms with Crippen molar-refractivity contribution >= 4 is 6.09 Å². The molecular weight excluding hydrogens is 230 g/mol. The number of nitrogens with zero attached hydrogens (tertiary/aromatic N) is 3. The minimum absolute atomic E-state index is 0.0444. The number of likely N-dealkylation sites (N-methyl/N-ethyl adjacent to an activating group) is 2. The predicted molar refractivity (Wildman–Crippen MR) is 72.8 cm³/mol.